The fourth-order valence-corrected chi connectivity index (χ4v) is 2.54. The molecule has 0 radical (unpaired) electrons. The van der Waals surface area contributed by atoms with Gasteiger partial charge in [0.05, 0.1) is 0 Å². The quantitative estimate of drug-likeness (QED) is 0.621. The molecule has 0 aromatic carbocycles. The first-order valence-corrected chi connectivity index (χ1v) is 7.28. The number of carbonyl (C=O) groups is 1. The molecule has 1 rings (SSSR count). The lowest BCUT2D eigenvalue weighted by molar-refractivity contribution is 0.123. The van der Waals surface area contributed by atoms with E-state index >= 15 is 0 Å². The molecule has 0 spiro atoms. The molecule has 1 fully saturated rings. The van der Waals surface area contributed by atoms with E-state index in [9.17, 15) is 4.79 Å². The number of rotatable bonds is 5. The highest BCUT2D eigenvalue weighted by Crippen LogP contribution is 2.26. The van der Waals surface area contributed by atoms with Gasteiger partial charge in [-0.1, -0.05) is 12.0 Å². The first kappa shape index (κ1) is 16.6. The molecule has 1 aliphatic rings. The van der Waals surface area contributed by atoms with Gasteiger partial charge in [0.1, 0.15) is 0 Å². The number of hydrogen-bond acceptors (Lipinski definition) is 2. The van der Waals surface area contributed by atoms with Crippen LogP contribution in [0.25, 0.3) is 0 Å². The van der Waals surface area contributed by atoms with Crippen molar-refractivity contribution < 1.29 is 9.90 Å². The van der Waals surface area contributed by atoms with E-state index in [-0.39, 0.29) is 6.04 Å². The van der Waals surface area contributed by atoms with Crippen molar-refractivity contribution in [3.63, 3.8) is 0 Å². The monoisotopic (exact) mass is 278 g/mol. The Kier molecular flexibility index (Phi) is 7.17. The van der Waals surface area contributed by atoms with Crippen molar-refractivity contribution in [3.05, 3.63) is 12.7 Å². The van der Waals surface area contributed by atoms with E-state index in [1.807, 2.05) is 6.08 Å². The van der Waals surface area contributed by atoms with Crippen molar-refractivity contribution in [3.8, 4) is 11.8 Å². The van der Waals surface area contributed by atoms with Crippen LogP contribution in [0.4, 0.5) is 4.79 Å². The average Bonchev–Trinajstić information content (AvgIpc) is 2.43. The predicted octanol–water partition coefficient (Wildman–Crippen LogP) is 2.67. The second-order valence-electron chi connectivity index (χ2n) is 5.52. The molecule has 0 saturated heterocycles. The summed E-state index contributed by atoms with van der Waals surface area (Å²) < 4.78 is 0. The van der Waals surface area contributed by atoms with Crippen LogP contribution < -0.4 is 0 Å². The third-order valence-corrected chi connectivity index (χ3v) is 3.91. The lowest BCUT2D eigenvalue weighted by atomic mass is 9.86. The minimum Gasteiger partial charge on any atom is -0.465 e. The van der Waals surface area contributed by atoms with Crippen molar-refractivity contribution in [2.45, 2.75) is 38.1 Å². The van der Waals surface area contributed by atoms with Crippen LogP contribution >= 0.6 is 0 Å². The lowest BCUT2D eigenvalue weighted by Gasteiger charge is -2.31. The van der Waals surface area contributed by atoms with Crippen molar-refractivity contribution in [2.75, 3.05) is 27.2 Å². The number of nitrogens with zero attached hydrogens (tertiary/aromatic N) is 2. The van der Waals surface area contributed by atoms with E-state index in [2.05, 4.69) is 30.4 Å². The Bertz CT molecular complexity index is 376. The summed E-state index contributed by atoms with van der Waals surface area (Å²) in [5.41, 5.74) is 0. The van der Waals surface area contributed by atoms with Crippen LogP contribution in [-0.4, -0.2) is 54.2 Å². The molecule has 0 atom stereocenters. The Balaban J connectivity index is 2.26. The highest BCUT2D eigenvalue weighted by Gasteiger charge is 2.25. The van der Waals surface area contributed by atoms with E-state index < -0.39 is 6.09 Å². The molecule has 4 nitrogen and oxygen atoms in total. The Hall–Kier alpha value is -1.47. The predicted molar refractivity (Wildman–Crippen MR) is 81.6 cm³/mol. The third-order valence-electron chi connectivity index (χ3n) is 3.91. The summed E-state index contributed by atoms with van der Waals surface area (Å²) in [5.74, 6) is 7.04. The number of hydrogen-bond donors (Lipinski definition) is 1. The van der Waals surface area contributed by atoms with Gasteiger partial charge in [0, 0.05) is 38.5 Å². The second-order valence-corrected chi connectivity index (χ2v) is 5.52. The summed E-state index contributed by atoms with van der Waals surface area (Å²) in [7, 11) is 3.73. The number of carboxylic acid groups (broad SMARTS) is 1. The number of amides is 1. The SMILES string of the molecule is C=CCN(C)CCC#CC1CCC(N(C)C(=O)O)CC1. The number of likely N-dealkylation sites (N-methyl/N-ethyl adjacent to an activating group) is 1. The van der Waals surface area contributed by atoms with Crippen LogP contribution in [0.15, 0.2) is 12.7 Å². The fraction of sp³-hybridized carbons (Fsp3) is 0.688. The van der Waals surface area contributed by atoms with E-state index in [0.29, 0.717) is 5.92 Å². The second kappa shape index (κ2) is 8.65. The zero-order valence-electron chi connectivity index (χ0n) is 12.6. The summed E-state index contributed by atoms with van der Waals surface area (Å²) in [4.78, 5) is 14.5. The maximum absolute atomic E-state index is 10.9. The van der Waals surface area contributed by atoms with Gasteiger partial charge in [-0.3, -0.25) is 0 Å². The van der Waals surface area contributed by atoms with Crippen molar-refractivity contribution in [2.24, 2.45) is 5.92 Å². The summed E-state index contributed by atoms with van der Waals surface area (Å²) in [6, 6.07) is 0.171. The van der Waals surface area contributed by atoms with Crippen LogP contribution in [0.1, 0.15) is 32.1 Å². The summed E-state index contributed by atoms with van der Waals surface area (Å²) in [6.45, 7) is 5.58. The van der Waals surface area contributed by atoms with Gasteiger partial charge in [-0.15, -0.1) is 12.5 Å². The maximum atomic E-state index is 10.9. The summed E-state index contributed by atoms with van der Waals surface area (Å²) in [5, 5.41) is 8.96. The van der Waals surface area contributed by atoms with Gasteiger partial charge in [0.2, 0.25) is 0 Å². The molecule has 0 aliphatic heterocycles. The smallest absolute Gasteiger partial charge is 0.407 e. The van der Waals surface area contributed by atoms with Crippen LogP contribution in [0.3, 0.4) is 0 Å². The molecule has 1 saturated carbocycles. The molecule has 112 valence electrons. The molecule has 0 unspecified atom stereocenters. The molecule has 0 bridgehead atoms. The minimum atomic E-state index is -0.829. The molecule has 0 aromatic rings. The first-order valence-electron chi connectivity index (χ1n) is 7.28. The Morgan fingerprint density at radius 1 is 1.35 bits per heavy atom. The standard InChI is InChI=1S/C16H26N2O2/c1-4-12-17(2)13-6-5-7-14-8-10-15(11-9-14)18(3)16(19)20/h4,14-15H,1,6,8-13H2,2-3H3,(H,19,20). The summed E-state index contributed by atoms with van der Waals surface area (Å²) in [6.07, 6.45) is 5.84. The van der Waals surface area contributed by atoms with Gasteiger partial charge in [0.15, 0.2) is 0 Å². The molecule has 20 heavy (non-hydrogen) atoms. The van der Waals surface area contributed by atoms with E-state index in [0.717, 1.165) is 45.2 Å². The molecular weight excluding hydrogens is 252 g/mol. The first-order chi connectivity index (χ1) is 9.54. The van der Waals surface area contributed by atoms with Crippen molar-refractivity contribution in [1.29, 1.82) is 0 Å². The minimum absolute atomic E-state index is 0.171. The molecule has 0 heterocycles. The van der Waals surface area contributed by atoms with E-state index in [4.69, 9.17) is 5.11 Å². The van der Waals surface area contributed by atoms with E-state index in [1.165, 1.54) is 4.90 Å². The zero-order valence-corrected chi connectivity index (χ0v) is 12.6. The topological polar surface area (TPSA) is 43.8 Å². The maximum Gasteiger partial charge on any atom is 0.407 e. The van der Waals surface area contributed by atoms with Gasteiger partial charge in [0.25, 0.3) is 0 Å². The van der Waals surface area contributed by atoms with Crippen LogP contribution in [0, 0.1) is 17.8 Å². The van der Waals surface area contributed by atoms with Gasteiger partial charge in [-0.05, 0) is 32.7 Å². The molecule has 1 amide bonds. The van der Waals surface area contributed by atoms with Gasteiger partial charge in [-0.25, -0.2) is 4.79 Å². The highest BCUT2D eigenvalue weighted by atomic mass is 16.4. The van der Waals surface area contributed by atoms with Gasteiger partial charge in [-0.2, -0.15) is 0 Å². The Morgan fingerprint density at radius 2 is 2.00 bits per heavy atom. The highest BCUT2D eigenvalue weighted by molar-refractivity contribution is 5.64. The van der Waals surface area contributed by atoms with Gasteiger partial charge >= 0.3 is 6.09 Å². The Morgan fingerprint density at radius 3 is 2.55 bits per heavy atom. The van der Waals surface area contributed by atoms with Crippen LogP contribution in [0.2, 0.25) is 0 Å². The average molecular weight is 278 g/mol. The van der Waals surface area contributed by atoms with Crippen molar-refractivity contribution >= 4 is 6.09 Å². The van der Waals surface area contributed by atoms with Crippen molar-refractivity contribution in [1.82, 2.24) is 9.80 Å². The molecule has 1 aliphatic carbocycles. The van der Waals surface area contributed by atoms with Crippen LogP contribution in [0.5, 0.6) is 0 Å². The Labute approximate surface area is 122 Å². The van der Waals surface area contributed by atoms with Crippen LogP contribution in [-0.2, 0) is 0 Å². The molecule has 0 aromatic heterocycles. The molecule has 1 N–H and O–H groups in total. The largest absolute Gasteiger partial charge is 0.465 e. The zero-order chi connectivity index (χ0) is 15.0. The van der Waals surface area contributed by atoms with E-state index in [1.54, 1.807) is 7.05 Å². The molecule has 4 heteroatoms. The normalized spacial score (nSPS) is 21.9. The fourth-order valence-electron chi connectivity index (χ4n) is 2.54. The van der Waals surface area contributed by atoms with Gasteiger partial charge < -0.3 is 14.9 Å². The molecular formula is C16H26N2O2. The summed E-state index contributed by atoms with van der Waals surface area (Å²) >= 11 is 0. The lowest BCUT2D eigenvalue weighted by Crippen LogP contribution is -2.38. The third kappa shape index (κ3) is 5.66.